The summed E-state index contributed by atoms with van der Waals surface area (Å²) in [5.41, 5.74) is 4.78. The Balaban J connectivity index is 1.82. The number of furan rings is 1. The SMILES string of the molecule is [2H]C([2H])([2H])C([2H])(C)c1cc[n+](C)c(-c2c(C)ccc3c2oc2cc4ccccc4cc23)c1. The normalized spacial score (nSPS) is 16.5. The number of benzene rings is 3. The molecule has 0 aliphatic carbocycles. The summed E-state index contributed by atoms with van der Waals surface area (Å²) < 4.78 is 40.4. The molecule has 0 saturated heterocycles. The second kappa shape index (κ2) is 6.20. The monoisotopic (exact) mass is 370 g/mol. The quantitative estimate of drug-likeness (QED) is 0.317. The van der Waals surface area contributed by atoms with Crippen molar-refractivity contribution in [1.29, 1.82) is 0 Å². The van der Waals surface area contributed by atoms with Crippen LogP contribution >= 0.6 is 0 Å². The fourth-order valence-electron chi connectivity index (χ4n) is 3.99. The maximum absolute atomic E-state index is 8.54. The van der Waals surface area contributed by atoms with E-state index in [1.54, 1.807) is 6.07 Å². The molecule has 1 atom stereocenters. The van der Waals surface area contributed by atoms with E-state index in [0.29, 0.717) is 5.56 Å². The Labute approximate surface area is 170 Å². The number of hydrogen-bond donors (Lipinski definition) is 0. The number of aryl methyl sites for hydroxylation is 2. The van der Waals surface area contributed by atoms with E-state index in [2.05, 4.69) is 36.4 Å². The van der Waals surface area contributed by atoms with Gasteiger partial charge in [-0.25, -0.2) is 4.57 Å². The summed E-state index contributed by atoms with van der Waals surface area (Å²) in [6.07, 6.45) is 1.82. The van der Waals surface area contributed by atoms with Gasteiger partial charge in [0.25, 0.3) is 0 Å². The molecule has 5 aromatic rings. The Morgan fingerprint density at radius 1 is 1.00 bits per heavy atom. The molecule has 0 bridgehead atoms. The molecule has 0 aliphatic heterocycles. The molecule has 2 nitrogen and oxygen atoms in total. The minimum Gasteiger partial charge on any atom is -0.455 e. The first-order valence-electron chi connectivity index (χ1n) is 11.4. The van der Waals surface area contributed by atoms with Gasteiger partial charge >= 0.3 is 0 Å². The number of fused-ring (bicyclic) bond motifs is 4. The molecule has 3 aromatic carbocycles. The van der Waals surface area contributed by atoms with E-state index in [1.807, 2.05) is 42.9 Å². The van der Waals surface area contributed by atoms with Crippen LogP contribution in [0.3, 0.4) is 0 Å². The van der Waals surface area contributed by atoms with Crippen molar-refractivity contribution in [2.75, 3.05) is 0 Å². The highest BCUT2D eigenvalue weighted by Crippen LogP contribution is 2.38. The topological polar surface area (TPSA) is 17.0 Å². The van der Waals surface area contributed by atoms with Crippen LogP contribution in [-0.4, -0.2) is 0 Å². The molecule has 1 unspecified atom stereocenters. The van der Waals surface area contributed by atoms with Gasteiger partial charge < -0.3 is 4.42 Å². The average molecular weight is 371 g/mol. The van der Waals surface area contributed by atoms with E-state index in [1.165, 1.54) is 6.92 Å². The molecule has 5 rings (SSSR count). The van der Waals surface area contributed by atoms with Crippen molar-refractivity contribution in [1.82, 2.24) is 0 Å². The molecule has 2 aromatic heterocycles. The Morgan fingerprint density at radius 3 is 2.57 bits per heavy atom. The van der Waals surface area contributed by atoms with Gasteiger partial charge in [-0.15, -0.1) is 0 Å². The van der Waals surface area contributed by atoms with Crippen LogP contribution in [0.15, 0.2) is 71.3 Å². The molecule has 2 heterocycles. The van der Waals surface area contributed by atoms with Gasteiger partial charge in [0.1, 0.15) is 18.2 Å². The van der Waals surface area contributed by atoms with Gasteiger partial charge in [-0.3, -0.25) is 0 Å². The van der Waals surface area contributed by atoms with Crippen LogP contribution in [0.2, 0.25) is 0 Å². The van der Waals surface area contributed by atoms with Gasteiger partial charge in [0.2, 0.25) is 5.69 Å². The van der Waals surface area contributed by atoms with Crippen LogP contribution in [0, 0.1) is 6.92 Å². The van der Waals surface area contributed by atoms with E-state index < -0.39 is 12.7 Å². The van der Waals surface area contributed by atoms with Crippen LogP contribution in [0.25, 0.3) is 44.0 Å². The molecule has 2 heteroatoms. The summed E-state index contributed by atoms with van der Waals surface area (Å²) in [7, 11) is 1.92. The number of pyridine rings is 1. The lowest BCUT2D eigenvalue weighted by atomic mass is 9.97. The highest BCUT2D eigenvalue weighted by molar-refractivity contribution is 6.13. The number of hydrogen-bond acceptors (Lipinski definition) is 1. The molecule has 0 radical (unpaired) electrons. The van der Waals surface area contributed by atoms with Gasteiger partial charge in [0.15, 0.2) is 6.20 Å². The molecule has 0 amide bonds. The highest BCUT2D eigenvalue weighted by Gasteiger charge is 2.21. The summed E-state index contributed by atoms with van der Waals surface area (Å²) in [4.78, 5) is 0. The first kappa shape index (κ1) is 13.1. The van der Waals surface area contributed by atoms with Crippen molar-refractivity contribution < 1.29 is 14.5 Å². The fraction of sp³-hybridized carbons (Fsp3) is 0.192. The smallest absolute Gasteiger partial charge is 0.216 e. The Morgan fingerprint density at radius 2 is 1.79 bits per heavy atom. The minimum absolute atomic E-state index is 0.448. The third-order valence-corrected chi connectivity index (χ3v) is 5.56. The fourth-order valence-corrected chi connectivity index (χ4v) is 3.99. The Bertz CT molecular complexity index is 1510. The van der Waals surface area contributed by atoms with Gasteiger partial charge in [-0.2, -0.15) is 0 Å². The van der Waals surface area contributed by atoms with E-state index in [0.717, 1.165) is 49.5 Å². The van der Waals surface area contributed by atoms with Gasteiger partial charge in [-0.1, -0.05) is 50.2 Å². The zero-order valence-electron chi connectivity index (χ0n) is 20.2. The molecule has 28 heavy (non-hydrogen) atoms. The second-order valence-electron chi connectivity index (χ2n) is 7.47. The minimum atomic E-state index is -2.44. The average Bonchev–Trinajstić information content (AvgIpc) is 3.09. The molecule has 138 valence electrons. The number of rotatable bonds is 2. The Kier molecular flexibility index (Phi) is 2.90. The van der Waals surface area contributed by atoms with E-state index in [4.69, 9.17) is 9.90 Å². The van der Waals surface area contributed by atoms with Gasteiger partial charge in [-0.05, 0) is 46.8 Å². The molecule has 0 spiro atoms. The van der Waals surface area contributed by atoms with Gasteiger partial charge in [0.05, 0.1) is 5.56 Å². The van der Waals surface area contributed by atoms with Crippen LogP contribution in [-0.2, 0) is 7.05 Å². The van der Waals surface area contributed by atoms with E-state index in [9.17, 15) is 0 Å². The first-order valence-corrected chi connectivity index (χ1v) is 9.43. The van der Waals surface area contributed by atoms with Crippen LogP contribution < -0.4 is 4.57 Å². The van der Waals surface area contributed by atoms with Crippen molar-refractivity contribution in [2.24, 2.45) is 7.05 Å². The third-order valence-electron chi connectivity index (χ3n) is 5.56. The summed E-state index contributed by atoms with van der Waals surface area (Å²) in [6, 6.07) is 20.1. The first-order chi connectivity index (χ1) is 15.1. The molecular formula is C26H24NO+. The lowest BCUT2D eigenvalue weighted by molar-refractivity contribution is -0.660. The summed E-state index contributed by atoms with van der Waals surface area (Å²) in [5.74, 6) is -1.72. The highest BCUT2D eigenvalue weighted by atomic mass is 16.3. The van der Waals surface area contributed by atoms with Crippen LogP contribution in [0.1, 0.15) is 36.3 Å². The predicted molar refractivity (Wildman–Crippen MR) is 117 cm³/mol. The van der Waals surface area contributed by atoms with Gasteiger partial charge in [0, 0.05) is 28.4 Å². The van der Waals surface area contributed by atoms with Crippen molar-refractivity contribution in [3.63, 3.8) is 0 Å². The Hall–Kier alpha value is -3.13. The lowest BCUT2D eigenvalue weighted by Gasteiger charge is -2.09. The van der Waals surface area contributed by atoms with Crippen molar-refractivity contribution in [3.05, 3.63) is 78.0 Å². The van der Waals surface area contributed by atoms with Crippen molar-refractivity contribution in [2.45, 2.75) is 26.6 Å². The number of aromatic nitrogens is 1. The number of nitrogens with zero attached hydrogens (tertiary/aromatic N) is 1. The molecular weight excluding hydrogens is 342 g/mol. The van der Waals surface area contributed by atoms with Crippen LogP contribution in [0.4, 0.5) is 0 Å². The molecule has 0 aliphatic rings. The largest absolute Gasteiger partial charge is 0.455 e. The standard InChI is InChI=1S/C26H24NO/c1-16(2)18-11-12-27(4)23(14-18)25-17(3)9-10-21-22-13-19-7-5-6-8-20(19)15-24(22)28-26(21)25/h5-16H,1-4H3/q+1/i1D3,16D. The zero-order chi connectivity index (χ0) is 22.8. The van der Waals surface area contributed by atoms with E-state index in [-0.39, 0.29) is 0 Å². The third kappa shape index (κ3) is 2.52. The van der Waals surface area contributed by atoms with Crippen LogP contribution in [0.5, 0.6) is 0 Å². The summed E-state index contributed by atoms with van der Waals surface area (Å²) >= 11 is 0. The van der Waals surface area contributed by atoms with Crippen molar-refractivity contribution >= 4 is 32.7 Å². The summed E-state index contributed by atoms with van der Waals surface area (Å²) in [5, 5.41) is 4.33. The zero-order valence-corrected chi connectivity index (χ0v) is 16.2. The predicted octanol–water partition coefficient (Wildman–Crippen LogP) is 6.66. The second-order valence-corrected chi connectivity index (χ2v) is 7.47. The molecule has 0 fully saturated rings. The van der Waals surface area contributed by atoms with Crippen molar-refractivity contribution in [3.8, 4) is 11.3 Å². The molecule has 0 saturated carbocycles. The summed E-state index contributed by atoms with van der Waals surface area (Å²) in [6.45, 7) is 1.03. The maximum atomic E-state index is 8.54. The lowest BCUT2D eigenvalue weighted by Crippen LogP contribution is -2.31. The maximum Gasteiger partial charge on any atom is 0.216 e. The van der Waals surface area contributed by atoms with E-state index >= 15 is 0 Å². The molecule has 0 N–H and O–H groups in total.